The van der Waals surface area contributed by atoms with Gasteiger partial charge in [0.15, 0.2) is 11.8 Å². The molecule has 0 atom stereocenters. The number of carbonyl (C=O) groups is 2. The van der Waals surface area contributed by atoms with Crippen LogP contribution in [0.25, 0.3) is 0 Å². The Hall–Kier alpha value is -2.11. The summed E-state index contributed by atoms with van der Waals surface area (Å²) in [5.74, 6) is -0.992. The first-order valence-corrected chi connectivity index (χ1v) is 7.10. The zero-order valence-electron chi connectivity index (χ0n) is 11.4. The first kappa shape index (κ1) is 16.3. The zero-order chi connectivity index (χ0) is 15.9. The minimum atomic E-state index is -0.505. The van der Waals surface area contributed by atoms with Gasteiger partial charge in [-0.1, -0.05) is 35.3 Å². The van der Waals surface area contributed by atoms with Gasteiger partial charge in [0.25, 0.3) is 5.91 Å². The van der Waals surface area contributed by atoms with Crippen molar-refractivity contribution in [2.24, 2.45) is 0 Å². The van der Waals surface area contributed by atoms with Gasteiger partial charge in [0.05, 0.1) is 12.1 Å². The minimum Gasteiger partial charge on any atom is -0.455 e. The van der Waals surface area contributed by atoms with Gasteiger partial charge in [-0.2, -0.15) is 0 Å². The maximum absolute atomic E-state index is 11.7. The topological polar surface area (TPSA) is 68.3 Å². The zero-order valence-corrected chi connectivity index (χ0v) is 12.9. The summed E-state index contributed by atoms with van der Waals surface area (Å²) < 4.78 is 4.90. The predicted molar refractivity (Wildman–Crippen MR) is 84.0 cm³/mol. The highest BCUT2D eigenvalue weighted by Gasteiger charge is 2.10. The molecule has 0 aliphatic heterocycles. The van der Waals surface area contributed by atoms with Gasteiger partial charge in [-0.15, -0.1) is 0 Å². The summed E-state index contributed by atoms with van der Waals surface area (Å²) in [5, 5.41) is 3.27. The van der Waals surface area contributed by atoms with E-state index in [2.05, 4.69) is 10.3 Å². The lowest BCUT2D eigenvalue weighted by Crippen LogP contribution is -2.21. The van der Waals surface area contributed by atoms with Crippen molar-refractivity contribution in [1.29, 1.82) is 0 Å². The molecule has 0 radical (unpaired) electrons. The molecule has 2 aromatic rings. The SMILES string of the molecule is O=C(COC(=O)Cc1ccc(Cl)cc1)Nc1cccnc1Cl. The average Bonchev–Trinajstić information content (AvgIpc) is 2.50. The van der Waals surface area contributed by atoms with E-state index in [0.717, 1.165) is 5.56 Å². The van der Waals surface area contributed by atoms with Crippen molar-refractivity contribution in [3.63, 3.8) is 0 Å². The van der Waals surface area contributed by atoms with Gasteiger partial charge >= 0.3 is 5.97 Å². The first-order valence-electron chi connectivity index (χ1n) is 6.35. The van der Waals surface area contributed by atoms with Gasteiger partial charge in [0.2, 0.25) is 0 Å². The second kappa shape index (κ2) is 7.77. The number of anilines is 1. The second-order valence-electron chi connectivity index (χ2n) is 4.35. The quantitative estimate of drug-likeness (QED) is 0.671. The molecule has 0 bridgehead atoms. The molecule has 0 saturated carbocycles. The second-order valence-corrected chi connectivity index (χ2v) is 5.15. The number of halogens is 2. The lowest BCUT2D eigenvalue weighted by molar-refractivity contribution is -0.146. The fraction of sp³-hybridized carbons (Fsp3) is 0.133. The monoisotopic (exact) mass is 338 g/mol. The van der Waals surface area contributed by atoms with Gasteiger partial charge in [-0.05, 0) is 29.8 Å². The summed E-state index contributed by atoms with van der Waals surface area (Å²) in [4.78, 5) is 27.1. The van der Waals surface area contributed by atoms with Gasteiger partial charge in [0, 0.05) is 11.2 Å². The Kier molecular flexibility index (Phi) is 5.75. The van der Waals surface area contributed by atoms with Gasteiger partial charge in [0.1, 0.15) is 0 Å². The van der Waals surface area contributed by atoms with Crippen molar-refractivity contribution in [3.05, 3.63) is 58.3 Å². The lowest BCUT2D eigenvalue weighted by Gasteiger charge is -2.07. The number of rotatable bonds is 5. The highest BCUT2D eigenvalue weighted by Crippen LogP contribution is 2.17. The summed E-state index contributed by atoms with van der Waals surface area (Å²) in [6.07, 6.45) is 1.57. The predicted octanol–water partition coefficient (Wildman–Crippen LogP) is 3.11. The van der Waals surface area contributed by atoms with Crippen LogP contribution in [0.1, 0.15) is 5.56 Å². The molecule has 1 heterocycles. The molecule has 7 heteroatoms. The van der Waals surface area contributed by atoms with E-state index in [-0.39, 0.29) is 11.6 Å². The number of pyridine rings is 1. The number of esters is 1. The average molecular weight is 339 g/mol. The Labute approximate surface area is 137 Å². The van der Waals surface area contributed by atoms with Crippen LogP contribution in [-0.4, -0.2) is 23.5 Å². The maximum atomic E-state index is 11.7. The molecule has 0 aliphatic rings. The molecule has 1 aromatic heterocycles. The number of carbonyl (C=O) groups excluding carboxylic acids is 2. The fourth-order valence-electron chi connectivity index (χ4n) is 1.63. The number of benzene rings is 1. The van der Waals surface area contributed by atoms with Crippen molar-refractivity contribution < 1.29 is 14.3 Å². The highest BCUT2D eigenvalue weighted by molar-refractivity contribution is 6.32. The molecule has 114 valence electrons. The van der Waals surface area contributed by atoms with Crippen molar-refractivity contribution in [2.75, 3.05) is 11.9 Å². The molecule has 0 aliphatic carbocycles. The van der Waals surface area contributed by atoms with E-state index in [4.69, 9.17) is 27.9 Å². The summed E-state index contributed by atoms with van der Waals surface area (Å²) in [5.41, 5.74) is 1.12. The first-order chi connectivity index (χ1) is 10.5. The van der Waals surface area contributed by atoms with Crippen LogP contribution in [0.4, 0.5) is 5.69 Å². The van der Waals surface area contributed by atoms with Gasteiger partial charge < -0.3 is 10.1 Å². The Balaban J connectivity index is 1.79. The largest absolute Gasteiger partial charge is 0.455 e. The summed E-state index contributed by atoms with van der Waals surface area (Å²) in [6.45, 7) is -0.391. The summed E-state index contributed by atoms with van der Waals surface area (Å²) in [7, 11) is 0. The van der Waals surface area contributed by atoms with Crippen LogP contribution in [0.5, 0.6) is 0 Å². The van der Waals surface area contributed by atoms with E-state index >= 15 is 0 Å². The van der Waals surface area contributed by atoms with Crippen molar-refractivity contribution in [2.45, 2.75) is 6.42 Å². The normalized spacial score (nSPS) is 10.1. The number of hydrogen-bond acceptors (Lipinski definition) is 4. The Morgan fingerprint density at radius 3 is 2.55 bits per heavy atom. The Morgan fingerprint density at radius 1 is 1.14 bits per heavy atom. The van der Waals surface area contributed by atoms with Crippen LogP contribution in [0.3, 0.4) is 0 Å². The van der Waals surface area contributed by atoms with Crippen LogP contribution < -0.4 is 5.32 Å². The third kappa shape index (κ3) is 5.02. The molecule has 1 amide bonds. The van der Waals surface area contributed by atoms with E-state index in [1.165, 1.54) is 6.20 Å². The molecule has 5 nitrogen and oxygen atoms in total. The standard InChI is InChI=1S/C15H12Cl2N2O3/c16-11-5-3-10(4-6-11)8-14(21)22-9-13(20)19-12-2-1-7-18-15(12)17/h1-7H,8-9H2,(H,19,20). The summed E-state index contributed by atoms with van der Waals surface area (Å²) >= 11 is 11.6. The molecule has 0 saturated heterocycles. The summed E-state index contributed by atoms with van der Waals surface area (Å²) in [6, 6.07) is 10.0. The van der Waals surface area contributed by atoms with Crippen molar-refractivity contribution >= 4 is 40.8 Å². The highest BCUT2D eigenvalue weighted by atomic mass is 35.5. The smallest absolute Gasteiger partial charge is 0.310 e. The molecular formula is C15H12Cl2N2O3. The molecule has 0 spiro atoms. The molecule has 22 heavy (non-hydrogen) atoms. The number of hydrogen-bond donors (Lipinski definition) is 1. The van der Waals surface area contributed by atoms with E-state index in [9.17, 15) is 9.59 Å². The third-order valence-corrected chi connectivity index (χ3v) is 3.21. The number of ether oxygens (including phenoxy) is 1. The molecule has 1 N–H and O–H groups in total. The van der Waals surface area contributed by atoms with Crippen LogP contribution in [0.2, 0.25) is 10.2 Å². The molecule has 2 rings (SSSR count). The lowest BCUT2D eigenvalue weighted by atomic mass is 10.1. The number of aromatic nitrogens is 1. The minimum absolute atomic E-state index is 0.0676. The van der Waals surface area contributed by atoms with E-state index in [1.807, 2.05) is 0 Å². The van der Waals surface area contributed by atoms with E-state index in [1.54, 1.807) is 36.4 Å². The molecule has 0 unspecified atom stereocenters. The van der Waals surface area contributed by atoms with Gasteiger partial charge in [-0.3, -0.25) is 9.59 Å². The number of nitrogens with one attached hydrogen (secondary N) is 1. The van der Waals surface area contributed by atoms with Crippen LogP contribution in [-0.2, 0) is 20.7 Å². The van der Waals surface area contributed by atoms with Gasteiger partial charge in [-0.25, -0.2) is 4.98 Å². The van der Waals surface area contributed by atoms with Crippen LogP contribution >= 0.6 is 23.2 Å². The molecular weight excluding hydrogens is 327 g/mol. The van der Waals surface area contributed by atoms with E-state index in [0.29, 0.717) is 10.7 Å². The Morgan fingerprint density at radius 2 is 1.86 bits per heavy atom. The van der Waals surface area contributed by atoms with Crippen molar-refractivity contribution in [1.82, 2.24) is 4.98 Å². The fourth-order valence-corrected chi connectivity index (χ4v) is 1.92. The third-order valence-electron chi connectivity index (χ3n) is 2.66. The van der Waals surface area contributed by atoms with E-state index < -0.39 is 18.5 Å². The van der Waals surface area contributed by atoms with Crippen LogP contribution in [0.15, 0.2) is 42.6 Å². The molecule has 0 fully saturated rings. The molecule has 1 aromatic carbocycles. The van der Waals surface area contributed by atoms with Crippen LogP contribution in [0, 0.1) is 0 Å². The maximum Gasteiger partial charge on any atom is 0.310 e. The van der Waals surface area contributed by atoms with Crippen molar-refractivity contribution in [3.8, 4) is 0 Å². The number of amides is 1. The Bertz CT molecular complexity index is 675. The number of nitrogens with zero attached hydrogens (tertiary/aromatic N) is 1.